The first-order valence-corrected chi connectivity index (χ1v) is 4.37. The molecular weight excluding hydrogens is 158 g/mol. The van der Waals surface area contributed by atoms with E-state index >= 15 is 0 Å². The van der Waals surface area contributed by atoms with E-state index in [4.69, 9.17) is 0 Å². The number of benzene rings is 1. The summed E-state index contributed by atoms with van der Waals surface area (Å²) in [5.74, 6) is 0. The highest BCUT2D eigenvalue weighted by molar-refractivity contribution is 5.89. The Bertz CT molecular complexity index is 438. The van der Waals surface area contributed by atoms with Gasteiger partial charge in [-0.2, -0.15) is 0 Å². The number of hydrogen-bond acceptors (Lipinski definition) is 1. The zero-order chi connectivity index (χ0) is 9.10. The molecule has 2 aromatic rings. The monoisotopic (exact) mass is 169 g/mol. The summed E-state index contributed by atoms with van der Waals surface area (Å²) in [6.45, 7) is 2.02. The Labute approximate surface area is 77.7 Å². The van der Waals surface area contributed by atoms with E-state index in [1.807, 2.05) is 31.5 Å². The standard InChI is InChI=1S/C12H11N/c1-2-4-10-5-3-6-11-7-8-13-9-12(10)11/h2-9H,1H3. The fourth-order valence-corrected chi connectivity index (χ4v) is 1.46. The molecular formula is C12H11N. The molecule has 1 heteroatoms. The van der Waals surface area contributed by atoms with E-state index in [-0.39, 0.29) is 0 Å². The molecule has 0 atom stereocenters. The molecule has 0 N–H and O–H groups in total. The third kappa shape index (κ3) is 1.45. The molecule has 13 heavy (non-hydrogen) atoms. The van der Waals surface area contributed by atoms with Crippen LogP contribution in [0.5, 0.6) is 0 Å². The van der Waals surface area contributed by atoms with Crippen LogP contribution in [0, 0.1) is 0 Å². The lowest BCUT2D eigenvalue weighted by molar-refractivity contribution is 1.36. The first-order valence-electron chi connectivity index (χ1n) is 4.37. The highest BCUT2D eigenvalue weighted by atomic mass is 14.6. The van der Waals surface area contributed by atoms with Gasteiger partial charge in [-0.25, -0.2) is 0 Å². The van der Waals surface area contributed by atoms with Gasteiger partial charge in [0.05, 0.1) is 0 Å². The molecule has 1 heterocycles. The summed E-state index contributed by atoms with van der Waals surface area (Å²) in [4.78, 5) is 4.12. The second-order valence-corrected chi connectivity index (χ2v) is 2.94. The summed E-state index contributed by atoms with van der Waals surface area (Å²) in [6.07, 6.45) is 7.87. The van der Waals surface area contributed by atoms with Gasteiger partial charge in [0.2, 0.25) is 0 Å². The van der Waals surface area contributed by atoms with E-state index in [1.165, 1.54) is 16.3 Å². The van der Waals surface area contributed by atoms with Gasteiger partial charge in [-0.05, 0) is 23.9 Å². The zero-order valence-electron chi connectivity index (χ0n) is 7.57. The van der Waals surface area contributed by atoms with Crippen molar-refractivity contribution < 1.29 is 0 Å². The molecule has 0 spiro atoms. The van der Waals surface area contributed by atoms with Crippen molar-refractivity contribution in [1.29, 1.82) is 0 Å². The summed E-state index contributed by atoms with van der Waals surface area (Å²) in [6, 6.07) is 8.30. The van der Waals surface area contributed by atoms with Gasteiger partial charge in [-0.15, -0.1) is 0 Å². The van der Waals surface area contributed by atoms with Crippen LogP contribution in [-0.2, 0) is 0 Å². The highest BCUT2D eigenvalue weighted by Crippen LogP contribution is 2.18. The Hall–Kier alpha value is -1.63. The smallest absolute Gasteiger partial charge is 0.0352 e. The van der Waals surface area contributed by atoms with Gasteiger partial charge >= 0.3 is 0 Å². The predicted molar refractivity (Wildman–Crippen MR) is 56.5 cm³/mol. The van der Waals surface area contributed by atoms with Gasteiger partial charge in [-0.3, -0.25) is 4.98 Å². The second kappa shape index (κ2) is 3.40. The third-order valence-electron chi connectivity index (χ3n) is 2.06. The van der Waals surface area contributed by atoms with Crippen LogP contribution < -0.4 is 0 Å². The molecule has 0 aliphatic carbocycles. The van der Waals surface area contributed by atoms with E-state index in [0.29, 0.717) is 0 Å². The molecule has 0 aliphatic rings. The summed E-state index contributed by atoms with van der Waals surface area (Å²) in [5, 5.41) is 2.45. The molecule has 0 saturated carbocycles. The number of allylic oxidation sites excluding steroid dienone is 1. The van der Waals surface area contributed by atoms with Crippen LogP contribution in [0.4, 0.5) is 0 Å². The first-order chi connectivity index (χ1) is 6.42. The number of hydrogen-bond donors (Lipinski definition) is 0. The van der Waals surface area contributed by atoms with Crippen LogP contribution in [0.25, 0.3) is 16.8 Å². The van der Waals surface area contributed by atoms with Crippen molar-refractivity contribution in [3.8, 4) is 0 Å². The van der Waals surface area contributed by atoms with Crippen LogP contribution in [0.2, 0.25) is 0 Å². The van der Waals surface area contributed by atoms with Crippen molar-refractivity contribution >= 4 is 16.8 Å². The van der Waals surface area contributed by atoms with Crippen LogP contribution in [0.1, 0.15) is 12.5 Å². The maximum Gasteiger partial charge on any atom is 0.0352 e. The molecule has 2 rings (SSSR count). The van der Waals surface area contributed by atoms with E-state index < -0.39 is 0 Å². The summed E-state index contributed by atoms with van der Waals surface area (Å²) >= 11 is 0. The number of fused-ring (bicyclic) bond motifs is 1. The Morgan fingerprint density at radius 2 is 2.15 bits per heavy atom. The van der Waals surface area contributed by atoms with Gasteiger partial charge in [0.25, 0.3) is 0 Å². The fourth-order valence-electron chi connectivity index (χ4n) is 1.46. The molecule has 0 unspecified atom stereocenters. The molecule has 1 aromatic carbocycles. The average molecular weight is 169 g/mol. The number of rotatable bonds is 1. The minimum Gasteiger partial charge on any atom is -0.264 e. The second-order valence-electron chi connectivity index (χ2n) is 2.94. The van der Waals surface area contributed by atoms with E-state index in [9.17, 15) is 0 Å². The van der Waals surface area contributed by atoms with Gasteiger partial charge in [-0.1, -0.05) is 30.4 Å². The topological polar surface area (TPSA) is 12.9 Å². The van der Waals surface area contributed by atoms with Gasteiger partial charge in [0.15, 0.2) is 0 Å². The largest absolute Gasteiger partial charge is 0.264 e. The number of pyridine rings is 1. The summed E-state index contributed by atoms with van der Waals surface area (Å²) in [7, 11) is 0. The molecule has 0 saturated heterocycles. The zero-order valence-corrected chi connectivity index (χ0v) is 7.57. The van der Waals surface area contributed by atoms with Crippen LogP contribution in [0.3, 0.4) is 0 Å². The molecule has 0 fully saturated rings. The van der Waals surface area contributed by atoms with E-state index in [1.54, 1.807) is 0 Å². The lowest BCUT2D eigenvalue weighted by Gasteiger charge is -1.99. The van der Waals surface area contributed by atoms with Crippen LogP contribution >= 0.6 is 0 Å². The van der Waals surface area contributed by atoms with E-state index in [0.717, 1.165) is 0 Å². The van der Waals surface area contributed by atoms with Gasteiger partial charge in [0.1, 0.15) is 0 Å². The molecule has 0 bridgehead atoms. The fraction of sp³-hybridized carbons (Fsp3) is 0.0833. The van der Waals surface area contributed by atoms with E-state index in [2.05, 4.69) is 29.3 Å². The lowest BCUT2D eigenvalue weighted by Crippen LogP contribution is -1.78. The van der Waals surface area contributed by atoms with Crippen molar-refractivity contribution in [3.63, 3.8) is 0 Å². The Morgan fingerprint density at radius 1 is 1.23 bits per heavy atom. The third-order valence-corrected chi connectivity index (χ3v) is 2.06. The van der Waals surface area contributed by atoms with Gasteiger partial charge in [0, 0.05) is 17.8 Å². The molecule has 1 nitrogen and oxygen atoms in total. The number of nitrogens with zero attached hydrogens (tertiary/aromatic N) is 1. The number of aromatic nitrogens is 1. The Balaban J connectivity index is 2.75. The maximum absolute atomic E-state index is 4.12. The predicted octanol–water partition coefficient (Wildman–Crippen LogP) is 3.27. The Kier molecular flexibility index (Phi) is 2.09. The molecule has 0 amide bonds. The maximum atomic E-state index is 4.12. The first kappa shape index (κ1) is 7.99. The molecule has 64 valence electrons. The summed E-state index contributed by atoms with van der Waals surface area (Å²) in [5.41, 5.74) is 1.23. The van der Waals surface area contributed by atoms with Crippen molar-refractivity contribution in [3.05, 3.63) is 48.3 Å². The minimum atomic E-state index is 1.21. The average Bonchev–Trinajstić information content (AvgIpc) is 2.19. The summed E-state index contributed by atoms with van der Waals surface area (Å²) < 4.78 is 0. The molecule has 1 aromatic heterocycles. The van der Waals surface area contributed by atoms with Crippen LogP contribution in [-0.4, -0.2) is 4.98 Å². The van der Waals surface area contributed by atoms with Crippen molar-refractivity contribution in [2.24, 2.45) is 0 Å². The van der Waals surface area contributed by atoms with Crippen molar-refractivity contribution in [2.45, 2.75) is 6.92 Å². The Morgan fingerprint density at radius 3 is 3.00 bits per heavy atom. The van der Waals surface area contributed by atoms with Gasteiger partial charge < -0.3 is 0 Å². The normalized spacial score (nSPS) is 11.2. The van der Waals surface area contributed by atoms with Crippen LogP contribution in [0.15, 0.2) is 42.7 Å². The van der Waals surface area contributed by atoms with Crippen molar-refractivity contribution in [2.75, 3.05) is 0 Å². The molecule has 0 aliphatic heterocycles. The quantitative estimate of drug-likeness (QED) is 0.638. The molecule has 0 radical (unpaired) electrons. The highest BCUT2D eigenvalue weighted by Gasteiger charge is 1.95. The lowest BCUT2D eigenvalue weighted by atomic mass is 10.1. The SMILES string of the molecule is CC=Cc1cccc2ccncc12. The minimum absolute atomic E-state index is 1.21. The van der Waals surface area contributed by atoms with Crippen molar-refractivity contribution in [1.82, 2.24) is 4.98 Å².